The van der Waals surface area contributed by atoms with Gasteiger partial charge in [0.2, 0.25) is 0 Å². The Balaban J connectivity index is 1.30. The predicted octanol–water partition coefficient (Wildman–Crippen LogP) is 2.82. The normalized spacial score (nSPS) is 25.1. The number of amides is 3. The molecule has 1 heterocycles. The predicted molar refractivity (Wildman–Crippen MR) is 115 cm³/mol. The lowest BCUT2D eigenvalue weighted by atomic mass is 10.0. The van der Waals surface area contributed by atoms with Crippen molar-refractivity contribution in [2.45, 2.75) is 37.4 Å². The first kappa shape index (κ1) is 20.2. The Morgan fingerprint density at radius 2 is 2.03 bits per heavy atom. The molecule has 2 aliphatic rings. The van der Waals surface area contributed by atoms with Crippen molar-refractivity contribution in [2.24, 2.45) is 0 Å². The summed E-state index contributed by atoms with van der Waals surface area (Å²) in [7, 11) is 0. The topological polar surface area (TPSA) is 97.3 Å². The fraction of sp³-hybridized carbons (Fsp3) is 0.318. The van der Waals surface area contributed by atoms with Crippen molar-refractivity contribution in [1.82, 2.24) is 20.9 Å². The SMILES string of the molecule is CC1(CNC(=O)N[C@H]2C[C@H]2c2ccccc2)NC(=N)N(Cc2cccc(Cl)c2)C1=O. The third kappa shape index (κ3) is 4.26. The summed E-state index contributed by atoms with van der Waals surface area (Å²) < 4.78 is 0. The standard InChI is InChI=1S/C22H24ClN5O2/c1-22(13-25-21(30)26-18-11-17(18)15-7-3-2-4-8-15)19(29)28(20(24)27-22)12-14-6-5-9-16(23)10-14/h2-10,17-18H,11-13H2,1H3,(H2,24,27)(H2,25,26,30)/t17-,18-,22?/m0/s1. The first-order valence-corrected chi connectivity index (χ1v) is 10.3. The zero-order valence-corrected chi connectivity index (χ0v) is 17.4. The van der Waals surface area contributed by atoms with Crippen molar-refractivity contribution < 1.29 is 9.59 Å². The van der Waals surface area contributed by atoms with Crippen molar-refractivity contribution in [2.75, 3.05) is 6.54 Å². The molecule has 0 spiro atoms. The Bertz CT molecular complexity index is 983. The van der Waals surface area contributed by atoms with Crippen LogP contribution >= 0.6 is 11.6 Å². The first-order valence-electron chi connectivity index (χ1n) is 9.88. The van der Waals surface area contributed by atoms with E-state index in [0.29, 0.717) is 10.9 Å². The molecule has 3 amide bonds. The highest BCUT2D eigenvalue weighted by atomic mass is 35.5. The van der Waals surface area contributed by atoms with E-state index in [0.717, 1.165) is 12.0 Å². The van der Waals surface area contributed by atoms with E-state index in [1.165, 1.54) is 10.5 Å². The minimum Gasteiger partial charge on any atom is -0.340 e. The van der Waals surface area contributed by atoms with Crippen LogP contribution in [0.5, 0.6) is 0 Å². The number of hydrogen-bond donors (Lipinski definition) is 4. The Labute approximate surface area is 180 Å². The second kappa shape index (κ2) is 7.99. The highest BCUT2D eigenvalue weighted by molar-refractivity contribution is 6.30. The Hall–Kier alpha value is -3.06. The second-order valence-corrected chi connectivity index (χ2v) is 8.45. The Kier molecular flexibility index (Phi) is 5.39. The van der Waals surface area contributed by atoms with Gasteiger partial charge >= 0.3 is 6.03 Å². The molecule has 2 fully saturated rings. The maximum Gasteiger partial charge on any atom is 0.315 e. The van der Waals surface area contributed by atoms with Crippen LogP contribution < -0.4 is 16.0 Å². The van der Waals surface area contributed by atoms with Gasteiger partial charge in [-0.05, 0) is 36.6 Å². The number of nitrogens with one attached hydrogen (secondary N) is 4. The molecule has 4 rings (SSSR count). The van der Waals surface area contributed by atoms with Crippen LogP contribution in [0, 0.1) is 5.41 Å². The minimum atomic E-state index is -1.07. The summed E-state index contributed by atoms with van der Waals surface area (Å²) in [6, 6.07) is 17.1. The number of nitrogens with zero attached hydrogens (tertiary/aromatic N) is 1. The third-order valence-electron chi connectivity index (χ3n) is 5.55. The molecule has 2 aromatic carbocycles. The molecule has 1 aliphatic heterocycles. The van der Waals surface area contributed by atoms with E-state index < -0.39 is 5.54 Å². The fourth-order valence-electron chi connectivity index (χ4n) is 3.77. The summed E-state index contributed by atoms with van der Waals surface area (Å²) in [5.74, 6) is 0.0810. The van der Waals surface area contributed by atoms with Crippen LogP contribution in [0.3, 0.4) is 0 Å². The lowest BCUT2D eigenvalue weighted by molar-refractivity contribution is -0.130. The summed E-state index contributed by atoms with van der Waals surface area (Å²) in [6.07, 6.45) is 0.907. The zero-order valence-electron chi connectivity index (χ0n) is 16.6. The average molecular weight is 426 g/mol. The van der Waals surface area contributed by atoms with Gasteiger partial charge in [-0.2, -0.15) is 0 Å². The number of carbonyl (C=O) groups is 2. The highest BCUT2D eigenvalue weighted by Gasteiger charge is 2.46. The summed E-state index contributed by atoms with van der Waals surface area (Å²) in [5, 5.41) is 17.4. The fourth-order valence-corrected chi connectivity index (χ4v) is 3.98. The molecule has 1 aliphatic carbocycles. The Morgan fingerprint density at radius 1 is 1.27 bits per heavy atom. The summed E-state index contributed by atoms with van der Waals surface area (Å²) in [4.78, 5) is 26.6. The van der Waals surface area contributed by atoms with Gasteiger partial charge in [0, 0.05) is 17.0 Å². The maximum atomic E-state index is 12.9. The monoisotopic (exact) mass is 425 g/mol. The molecule has 0 radical (unpaired) electrons. The van der Waals surface area contributed by atoms with Crippen molar-refractivity contribution in [3.8, 4) is 0 Å². The van der Waals surface area contributed by atoms with E-state index in [4.69, 9.17) is 17.0 Å². The summed E-state index contributed by atoms with van der Waals surface area (Å²) in [5.41, 5.74) is 0.973. The third-order valence-corrected chi connectivity index (χ3v) is 5.78. The van der Waals surface area contributed by atoms with Gasteiger partial charge in [-0.1, -0.05) is 54.1 Å². The van der Waals surface area contributed by atoms with Crippen molar-refractivity contribution in [3.63, 3.8) is 0 Å². The van der Waals surface area contributed by atoms with Crippen molar-refractivity contribution >= 4 is 29.5 Å². The number of carbonyl (C=O) groups excluding carboxylic acids is 2. The van der Waals surface area contributed by atoms with Crippen LogP contribution in [-0.4, -0.2) is 40.9 Å². The molecule has 1 saturated carbocycles. The zero-order chi connectivity index (χ0) is 21.3. The number of urea groups is 1. The van der Waals surface area contributed by atoms with Gasteiger partial charge in [0.25, 0.3) is 5.91 Å². The van der Waals surface area contributed by atoms with E-state index in [1.807, 2.05) is 24.3 Å². The van der Waals surface area contributed by atoms with E-state index in [2.05, 4.69) is 28.1 Å². The quantitative estimate of drug-likeness (QED) is 0.572. The molecular weight excluding hydrogens is 402 g/mol. The lowest BCUT2D eigenvalue weighted by Gasteiger charge is -2.22. The van der Waals surface area contributed by atoms with Gasteiger partial charge in [0.05, 0.1) is 13.1 Å². The van der Waals surface area contributed by atoms with Crippen LogP contribution in [0.2, 0.25) is 5.02 Å². The number of halogens is 1. The van der Waals surface area contributed by atoms with E-state index in [1.54, 1.807) is 25.1 Å². The van der Waals surface area contributed by atoms with Gasteiger partial charge in [0.15, 0.2) is 5.96 Å². The van der Waals surface area contributed by atoms with Crippen LogP contribution in [-0.2, 0) is 11.3 Å². The number of benzene rings is 2. The number of rotatable bonds is 6. The smallest absolute Gasteiger partial charge is 0.315 e. The molecule has 3 atom stereocenters. The molecule has 156 valence electrons. The highest BCUT2D eigenvalue weighted by Crippen LogP contribution is 2.40. The number of hydrogen-bond acceptors (Lipinski definition) is 3. The second-order valence-electron chi connectivity index (χ2n) is 8.01. The summed E-state index contributed by atoms with van der Waals surface area (Å²) >= 11 is 6.01. The Morgan fingerprint density at radius 3 is 2.77 bits per heavy atom. The van der Waals surface area contributed by atoms with Gasteiger partial charge in [0.1, 0.15) is 5.54 Å². The van der Waals surface area contributed by atoms with Crippen LogP contribution in [0.15, 0.2) is 54.6 Å². The van der Waals surface area contributed by atoms with Crippen molar-refractivity contribution in [1.29, 1.82) is 5.41 Å². The van der Waals surface area contributed by atoms with Gasteiger partial charge in [-0.3, -0.25) is 15.1 Å². The molecule has 7 nitrogen and oxygen atoms in total. The molecule has 30 heavy (non-hydrogen) atoms. The van der Waals surface area contributed by atoms with Crippen LogP contribution in [0.1, 0.15) is 30.4 Å². The van der Waals surface area contributed by atoms with Gasteiger partial charge in [-0.25, -0.2) is 4.79 Å². The van der Waals surface area contributed by atoms with E-state index in [-0.39, 0.29) is 37.0 Å². The molecular formula is C22H24ClN5O2. The molecule has 8 heteroatoms. The maximum absolute atomic E-state index is 12.9. The number of guanidine groups is 1. The minimum absolute atomic E-state index is 0.0102. The van der Waals surface area contributed by atoms with E-state index in [9.17, 15) is 9.59 Å². The molecule has 4 N–H and O–H groups in total. The molecule has 2 aromatic rings. The van der Waals surface area contributed by atoms with Crippen LogP contribution in [0.4, 0.5) is 4.79 Å². The molecule has 1 unspecified atom stereocenters. The van der Waals surface area contributed by atoms with E-state index >= 15 is 0 Å². The average Bonchev–Trinajstić information content (AvgIpc) is 3.45. The van der Waals surface area contributed by atoms with Gasteiger partial charge in [-0.15, -0.1) is 0 Å². The van der Waals surface area contributed by atoms with Crippen molar-refractivity contribution in [3.05, 3.63) is 70.7 Å². The summed E-state index contributed by atoms with van der Waals surface area (Å²) in [6.45, 7) is 2.01. The van der Waals surface area contributed by atoms with Gasteiger partial charge < -0.3 is 16.0 Å². The molecule has 0 bridgehead atoms. The van der Waals surface area contributed by atoms with Crippen LogP contribution in [0.25, 0.3) is 0 Å². The molecule has 0 aromatic heterocycles. The molecule has 1 saturated heterocycles. The first-order chi connectivity index (χ1) is 14.4. The lowest BCUT2D eigenvalue weighted by Crippen LogP contribution is -2.54. The largest absolute Gasteiger partial charge is 0.340 e.